The zero-order valence-electron chi connectivity index (χ0n) is 31.7. The van der Waals surface area contributed by atoms with Crippen LogP contribution in [-0.4, -0.2) is 53.6 Å². The number of rotatable bonds is 18. The summed E-state index contributed by atoms with van der Waals surface area (Å²) < 4.78 is 39.4. The van der Waals surface area contributed by atoms with Gasteiger partial charge in [0.15, 0.2) is 0 Å². The molecule has 0 spiro atoms. The number of ketones is 1. The van der Waals surface area contributed by atoms with Crippen molar-refractivity contribution in [1.29, 1.82) is 0 Å². The summed E-state index contributed by atoms with van der Waals surface area (Å²) in [6.45, 7) is 3.74. The molecule has 5 atom stereocenters. The number of halogens is 1. The number of carbonyl (C=O) groups is 1. The Hall–Kier alpha value is -5.26. The first-order valence-corrected chi connectivity index (χ1v) is 19.5. The lowest BCUT2D eigenvalue weighted by Crippen LogP contribution is -2.58. The van der Waals surface area contributed by atoms with Crippen molar-refractivity contribution >= 4 is 17.4 Å². The molecule has 5 aromatic carbocycles. The molecule has 1 aromatic heterocycles. The van der Waals surface area contributed by atoms with Gasteiger partial charge in [0, 0.05) is 11.6 Å². The van der Waals surface area contributed by atoms with Crippen LogP contribution in [0.4, 0.5) is 0 Å². The first kappa shape index (κ1) is 40.0. The average Bonchev–Trinajstić information content (AvgIpc) is 3.26. The minimum atomic E-state index is -0.730. The lowest BCUT2D eigenvalue weighted by atomic mass is 9.89. The third kappa shape index (κ3) is 10.8. The van der Waals surface area contributed by atoms with Gasteiger partial charge < -0.3 is 28.4 Å². The molecular weight excluding hydrogens is 740 g/mol. The molecule has 6 aromatic rings. The van der Waals surface area contributed by atoms with Crippen LogP contribution >= 0.6 is 11.6 Å². The fourth-order valence-corrected chi connectivity index (χ4v) is 6.96. The number of benzene rings is 5. The van der Waals surface area contributed by atoms with E-state index in [1.165, 1.54) is 0 Å². The molecular formula is C47H45ClN2O7. The molecule has 0 amide bonds. The number of aromatic nitrogens is 2. The van der Waals surface area contributed by atoms with Gasteiger partial charge in [0.25, 0.3) is 0 Å². The Morgan fingerprint density at radius 2 is 1.14 bits per heavy atom. The monoisotopic (exact) mass is 784 g/mol. The third-order valence-electron chi connectivity index (χ3n) is 9.61. The molecule has 10 heteroatoms. The van der Waals surface area contributed by atoms with Crippen molar-refractivity contribution in [1.82, 2.24) is 10.2 Å². The second kappa shape index (κ2) is 20.2. The minimum Gasteiger partial charge on any atom is -0.477 e. The highest BCUT2D eigenvalue weighted by Crippen LogP contribution is 2.40. The molecule has 1 aliphatic rings. The van der Waals surface area contributed by atoms with Gasteiger partial charge in [-0.1, -0.05) is 139 Å². The minimum absolute atomic E-state index is 0.129. The number of ether oxygens (including phenoxy) is 6. The molecule has 1 aliphatic heterocycles. The molecule has 0 saturated carbocycles. The molecule has 0 radical (unpaired) electrons. The summed E-state index contributed by atoms with van der Waals surface area (Å²) in [5, 5.41) is 8.46. The summed E-state index contributed by atoms with van der Waals surface area (Å²) in [6, 6.07) is 48.4. The lowest BCUT2D eigenvalue weighted by molar-refractivity contribution is -0.275. The van der Waals surface area contributed by atoms with Crippen LogP contribution in [0.3, 0.4) is 0 Å². The van der Waals surface area contributed by atoms with Crippen LogP contribution in [0.25, 0.3) is 0 Å². The second-order valence-electron chi connectivity index (χ2n) is 13.6. The van der Waals surface area contributed by atoms with Crippen LogP contribution in [0.1, 0.15) is 56.9 Å². The first-order valence-electron chi connectivity index (χ1n) is 19.1. The average molecular weight is 785 g/mol. The van der Waals surface area contributed by atoms with Crippen molar-refractivity contribution in [2.24, 2.45) is 0 Å². The van der Waals surface area contributed by atoms with Gasteiger partial charge in [-0.2, -0.15) is 0 Å². The summed E-state index contributed by atoms with van der Waals surface area (Å²) in [5.41, 5.74) is 5.06. The van der Waals surface area contributed by atoms with Crippen LogP contribution in [0, 0.1) is 0 Å². The molecule has 292 valence electrons. The van der Waals surface area contributed by atoms with Crippen LogP contribution in [0.5, 0.6) is 5.88 Å². The van der Waals surface area contributed by atoms with Gasteiger partial charge in [0.1, 0.15) is 36.2 Å². The Kier molecular flexibility index (Phi) is 14.2. The van der Waals surface area contributed by atoms with E-state index in [0.29, 0.717) is 37.9 Å². The number of nitrogens with zero attached hydrogens (tertiary/aromatic N) is 2. The highest BCUT2D eigenvalue weighted by atomic mass is 35.5. The Morgan fingerprint density at radius 3 is 1.67 bits per heavy atom. The maximum atomic E-state index is 13.9. The van der Waals surface area contributed by atoms with Gasteiger partial charge in [0.2, 0.25) is 11.7 Å². The van der Waals surface area contributed by atoms with Gasteiger partial charge in [-0.3, -0.25) is 4.79 Å². The largest absolute Gasteiger partial charge is 0.477 e. The van der Waals surface area contributed by atoms with Gasteiger partial charge in [-0.05, 0) is 52.9 Å². The van der Waals surface area contributed by atoms with E-state index in [0.717, 1.165) is 22.3 Å². The number of hydrogen-bond donors (Lipinski definition) is 0. The maximum Gasteiger partial charge on any atom is 0.233 e. The van der Waals surface area contributed by atoms with E-state index < -0.39 is 36.3 Å². The molecule has 2 heterocycles. The smallest absolute Gasteiger partial charge is 0.233 e. The topological polar surface area (TPSA) is 98.2 Å². The van der Waals surface area contributed by atoms with Crippen molar-refractivity contribution in [3.05, 3.63) is 196 Å². The van der Waals surface area contributed by atoms with Crippen molar-refractivity contribution < 1.29 is 33.2 Å². The molecule has 7 rings (SSSR count). The Balaban J connectivity index is 1.27. The SMILES string of the molecule is CCOc1ccc(C(=O)c2cc([C@@H]3O[C@H](COCc4ccccc4)[C@@H](OCc4ccccc4)C(OCc4ccccc4)[C@@H]3OCc3ccccc3)ccc2Cl)nn1. The molecule has 1 unspecified atom stereocenters. The fraction of sp³-hybridized carbons (Fsp3) is 0.255. The van der Waals surface area contributed by atoms with Crippen molar-refractivity contribution in [2.45, 2.75) is 63.9 Å². The van der Waals surface area contributed by atoms with E-state index in [9.17, 15) is 4.79 Å². The van der Waals surface area contributed by atoms with Gasteiger partial charge in [-0.15, -0.1) is 10.2 Å². The predicted octanol–water partition coefficient (Wildman–Crippen LogP) is 9.17. The molecule has 0 bridgehead atoms. The van der Waals surface area contributed by atoms with E-state index in [2.05, 4.69) is 10.2 Å². The van der Waals surface area contributed by atoms with Crippen LogP contribution < -0.4 is 4.74 Å². The first-order chi connectivity index (χ1) is 28.1. The Bertz CT molecular complexity index is 2130. The standard InChI is InChI=1S/C47H45ClN2O7/c1-2-53-42-26-25-40(49-50-42)43(51)38-27-37(23-24-39(38)48)44-46(55-30-35-19-11-5-12-20-35)47(56-31-36-21-13-6-14-22-36)45(54-29-34-17-9-4-10-18-34)41(57-44)32-52-28-33-15-7-3-8-16-33/h3-27,41,44-47H,2,28-32H2,1H3/t41-,44+,45-,46-,47?/m1/s1. The van der Waals surface area contributed by atoms with Crippen LogP contribution in [-0.2, 0) is 50.1 Å². The number of hydrogen-bond acceptors (Lipinski definition) is 9. The zero-order valence-corrected chi connectivity index (χ0v) is 32.4. The molecule has 0 aliphatic carbocycles. The highest BCUT2D eigenvalue weighted by molar-refractivity contribution is 6.34. The zero-order chi connectivity index (χ0) is 39.2. The Labute approximate surface area is 338 Å². The van der Waals surface area contributed by atoms with E-state index in [1.54, 1.807) is 24.3 Å². The normalized spacial score (nSPS) is 19.2. The predicted molar refractivity (Wildman–Crippen MR) is 217 cm³/mol. The third-order valence-corrected chi connectivity index (χ3v) is 9.94. The van der Waals surface area contributed by atoms with Crippen molar-refractivity contribution in [3.63, 3.8) is 0 Å². The fourth-order valence-electron chi connectivity index (χ4n) is 6.76. The highest BCUT2D eigenvalue weighted by Gasteiger charge is 2.49. The molecule has 57 heavy (non-hydrogen) atoms. The van der Waals surface area contributed by atoms with E-state index in [1.807, 2.05) is 134 Å². The summed E-state index contributed by atoms with van der Waals surface area (Å²) in [4.78, 5) is 13.9. The van der Waals surface area contributed by atoms with Gasteiger partial charge >= 0.3 is 0 Å². The summed E-state index contributed by atoms with van der Waals surface area (Å²) in [7, 11) is 0. The van der Waals surface area contributed by atoms with Crippen molar-refractivity contribution in [3.8, 4) is 5.88 Å². The quantitative estimate of drug-likeness (QED) is 0.0791. The van der Waals surface area contributed by atoms with Crippen molar-refractivity contribution in [2.75, 3.05) is 13.2 Å². The molecule has 1 saturated heterocycles. The molecule has 0 N–H and O–H groups in total. The summed E-state index contributed by atoms with van der Waals surface area (Å²) >= 11 is 6.73. The summed E-state index contributed by atoms with van der Waals surface area (Å²) in [5.74, 6) is -0.0623. The van der Waals surface area contributed by atoms with E-state index in [4.69, 9.17) is 40.0 Å². The maximum absolute atomic E-state index is 13.9. The van der Waals surface area contributed by atoms with E-state index in [-0.39, 0.29) is 29.5 Å². The lowest BCUT2D eigenvalue weighted by Gasteiger charge is -2.46. The summed E-state index contributed by atoms with van der Waals surface area (Å²) in [6.07, 6.45) is -3.30. The van der Waals surface area contributed by atoms with Gasteiger partial charge in [0.05, 0.1) is 44.7 Å². The second-order valence-corrected chi connectivity index (χ2v) is 14.0. The van der Waals surface area contributed by atoms with E-state index >= 15 is 0 Å². The molecule has 1 fully saturated rings. The number of carbonyl (C=O) groups excluding carboxylic acids is 1. The van der Waals surface area contributed by atoms with Gasteiger partial charge in [-0.25, -0.2) is 0 Å². The Morgan fingerprint density at radius 1 is 0.614 bits per heavy atom. The van der Waals surface area contributed by atoms with Crippen LogP contribution in [0.2, 0.25) is 5.02 Å². The molecule has 9 nitrogen and oxygen atoms in total. The van der Waals surface area contributed by atoms with Crippen LogP contribution in [0.15, 0.2) is 152 Å².